The summed E-state index contributed by atoms with van der Waals surface area (Å²) in [6.07, 6.45) is 2.48. The smallest absolute Gasteiger partial charge is 0.234 e. The van der Waals surface area contributed by atoms with Crippen molar-refractivity contribution >= 4 is 15.1 Å². The summed E-state index contributed by atoms with van der Waals surface area (Å²) in [7, 11) is -0.935. The number of hydrogen-bond acceptors (Lipinski definition) is 3. The molecule has 0 aliphatic carbocycles. The first-order valence-corrected chi connectivity index (χ1v) is 6.40. The van der Waals surface area contributed by atoms with Crippen molar-refractivity contribution in [2.45, 2.75) is 25.9 Å². The van der Waals surface area contributed by atoms with Gasteiger partial charge in [0.05, 0.1) is 6.54 Å². The highest BCUT2D eigenvalue weighted by atomic mass is 28.3. The van der Waals surface area contributed by atoms with Crippen molar-refractivity contribution in [3.63, 3.8) is 0 Å². The fraction of sp³-hybridized carbons (Fsp3) is 0.857. The Labute approximate surface area is 69.2 Å². The summed E-state index contributed by atoms with van der Waals surface area (Å²) in [6.45, 7) is 5.58. The molecule has 1 atom stereocenters. The van der Waals surface area contributed by atoms with Crippen molar-refractivity contribution in [2.24, 2.45) is 4.99 Å². The zero-order valence-corrected chi connectivity index (χ0v) is 8.32. The first-order valence-electron chi connectivity index (χ1n) is 3.96. The molecule has 0 amide bonds. The van der Waals surface area contributed by atoms with E-state index < -0.39 is 9.04 Å². The molecular formula is C7H15NO2Si. The molecule has 0 spiro atoms. The highest BCUT2D eigenvalue weighted by molar-refractivity contribution is 6.50. The third-order valence-corrected chi connectivity index (χ3v) is 3.52. The molecule has 0 saturated carbocycles. The van der Waals surface area contributed by atoms with Crippen molar-refractivity contribution in [1.29, 1.82) is 0 Å². The van der Waals surface area contributed by atoms with E-state index in [2.05, 4.69) is 11.5 Å². The van der Waals surface area contributed by atoms with Gasteiger partial charge in [-0.05, 0) is 25.9 Å². The van der Waals surface area contributed by atoms with Gasteiger partial charge in [0.1, 0.15) is 0 Å². The van der Waals surface area contributed by atoms with Crippen LogP contribution in [0.25, 0.3) is 0 Å². The van der Waals surface area contributed by atoms with E-state index in [0.29, 0.717) is 6.54 Å². The summed E-state index contributed by atoms with van der Waals surface area (Å²) in [5, 5.41) is 0. The molecule has 0 aliphatic heterocycles. The van der Waals surface area contributed by atoms with Crippen LogP contribution < -0.4 is 0 Å². The molecule has 0 aliphatic rings. The second-order valence-electron chi connectivity index (χ2n) is 2.38. The standard InChI is InChI=1S/C7H15NO2Si/c1-3-10-11(2)6-4-5-8-7-9/h11H,3-6H2,1-2H3. The molecule has 1 unspecified atom stereocenters. The van der Waals surface area contributed by atoms with E-state index in [9.17, 15) is 4.79 Å². The van der Waals surface area contributed by atoms with Crippen molar-refractivity contribution in [1.82, 2.24) is 0 Å². The van der Waals surface area contributed by atoms with Crippen LogP contribution in [0.4, 0.5) is 0 Å². The Balaban J connectivity index is 3.16. The maximum absolute atomic E-state index is 9.66. The minimum absolute atomic E-state index is 0.605. The van der Waals surface area contributed by atoms with Gasteiger partial charge < -0.3 is 4.43 Å². The molecular weight excluding hydrogens is 158 g/mol. The lowest BCUT2D eigenvalue weighted by Crippen LogP contribution is -2.12. The molecule has 0 bridgehead atoms. The van der Waals surface area contributed by atoms with Crippen molar-refractivity contribution in [2.75, 3.05) is 13.2 Å². The molecule has 0 radical (unpaired) electrons. The van der Waals surface area contributed by atoms with E-state index in [-0.39, 0.29) is 0 Å². The van der Waals surface area contributed by atoms with Gasteiger partial charge in [-0.25, -0.2) is 9.79 Å². The van der Waals surface area contributed by atoms with Gasteiger partial charge in [0, 0.05) is 6.61 Å². The Morgan fingerprint density at radius 3 is 2.91 bits per heavy atom. The van der Waals surface area contributed by atoms with Gasteiger partial charge in [-0.3, -0.25) is 0 Å². The van der Waals surface area contributed by atoms with Gasteiger partial charge in [-0.1, -0.05) is 0 Å². The van der Waals surface area contributed by atoms with Crippen molar-refractivity contribution in [3.8, 4) is 0 Å². The molecule has 4 heteroatoms. The van der Waals surface area contributed by atoms with E-state index in [1.54, 1.807) is 0 Å². The van der Waals surface area contributed by atoms with Crippen LogP contribution in [-0.2, 0) is 9.22 Å². The monoisotopic (exact) mass is 173 g/mol. The third-order valence-electron chi connectivity index (χ3n) is 1.40. The number of carbonyl (C=O) groups excluding carboxylic acids is 1. The molecule has 0 rings (SSSR count). The highest BCUT2D eigenvalue weighted by Crippen LogP contribution is 1.98. The fourth-order valence-electron chi connectivity index (χ4n) is 0.871. The van der Waals surface area contributed by atoms with Crippen LogP contribution in [0.1, 0.15) is 13.3 Å². The molecule has 64 valence electrons. The lowest BCUT2D eigenvalue weighted by atomic mass is 10.5. The number of nitrogens with zero attached hydrogens (tertiary/aromatic N) is 1. The Bertz CT molecular complexity index is 134. The topological polar surface area (TPSA) is 38.7 Å². The van der Waals surface area contributed by atoms with Gasteiger partial charge in [-0.2, -0.15) is 0 Å². The van der Waals surface area contributed by atoms with Crippen molar-refractivity contribution in [3.05, 3.63) is 0 Å². The Morgan fingerprint density at radius 2 is 2.36 bits per heavy atom. The minimum atomic E-state index is -0.935. The number of aliphatic imine (C=N–C) groups is 1. The molecule has 0 heterocycles. The molecule has 0 saturated heterocycles. The Kier molecular flexibility index (Phi) is 7.35. The van der Waals surface area contributed by atoms with Gasteiger partial charge in [0.2, 0.25) is 6.08 Å². The van der Waals surface area contributed by atoms with Crippen LogP contribution in [0.3, 0.4) is 0 Å². The molecule has 0 aromatic carbocycles. The molecule has 0 aromatic rings. The average Bonchev–Trinajstić information content (AvgIpc) is 1.99. The summed E-state index contributed by atoms with van der Waals surface area (Å²) < 4.78 is 5.42. The summed E-state index contributed by atoms with van der Waals surface area (Å²) >= 11 is 0. The van der Waals surface area contributed by atoms with Gasteiger partial charge in [0.15, 0.2) is 9.04 Å². The quantitative estimate of drug-likeness (QED) is 0.261. The van der Waals surface area contributed by atoms with E-state index in [4.69, 9.17) is 4.43 Å². The highest BCUT2D eigenvalue weighted by Gasteiger charge is 2.01. The molecule has 0 fully saturated rings. The zero-order valence-electron chi connectivity index (χ0n) is 7.17. The van der Waals surface area contributed by atoms with E-state index >= 15 is 0 Å². The van der Waals surface area contributed by atoms with Crippen LogP contribution >= 0.6 is 0 Å². The molecule has 0 aromatic heterocycles. The Hall–Kier alpha value is -0.443. The molecule has 0 N–H and O–H groups in total. The van der Waals surface area contributed by atoms with E-state index in [0.717, 1.165) is 19.1 Å². The fourth-order valence-corrected chi connectivity index (χ4v) is 2.36. The second-order valence-corrected chi connectivity index (χ2v) is 4.91. The second kappa shape index (κ2) is 7.66. The maximum Gasteiger partial charge on any atom is 0.234 e. The van der Waals surface area contributed by atoms with Gasteiger partial charge >= 0.3 is 0 Å². The van der Waals surface area contributed by atoms with Crippen molar-refractivity contribution < 1.29 is 9.22 Å². The van der Waals surface area contributed by atoms with E-state index in [1.165, 1.54) is 6.08 Å². The normalized spacial score (nSPS) is 12.2. The van der Waals surface area contributed by atoms with Gasteiger partial charge in [0.25, 0.3) is 0 Å². The molecule has 11 heavy (non-hydrogen) atoms. The minimum Gasteiger partial charge on any atom is -0.421 e. The predicted octanol–water partition coefficient (Wildman–Crippen LogP) is 1.10. The number of rotatable bonds is 6. The number of isocyanates is 1. The van der Waals surface area contributed by atoms with E-state index in [1.807, 2.05) is 6.92 Å². The lowest BCUT2D eigenvalue weighted by molar-refractivity contribution is 0.345. The average molecular weight is 173 g/mol. The first kappa shape index (κ1) is 10.6. The zero-order chi connectivity index (χ0) is 8.53. The summed E-state index contributed by atoms with van der Waals surface area (Å²) in [5.74, 6) is 0. The van der Waals surface area contributed by atoms with Crippen LogP contribution in [0.5, 0.6) is 0 Å². The maximum atomic E-state index is 9.66. The van der Waals surface area contributed by atoms with Crippen LogP contribution in [0, 0.1) is 0 Å². The predicted molar refractivity (Wildman–Crippen MR) is 47.1 cm³/mol. The first-order chi connectivity index (χ1) is 5.31. The largest absolute Gasteiger partial charge is 0.421 e. The lowest BCUT2D eigenvalue weighted by Gasteiger charge is -2.07. The summed E-state index contributed by atoms with van der Waals surface area (Å²) in [4.78, 5) is 13.1. The van der Waals surface area contributed by atoms with Gasteiger partial charge in [-0.15, -0.1) is 0 Å². The molecule has 3 nitrogen and oxygen atoms in total. The number of hydrogen-bond donors (Lipinski definition) is 0. The SMILES string of the molecule is CCO[SiH](C)CCCN=C=O. The Morgan fingerprint density at radius 1 is 1.64 bits per heavy atom. The summed E-state index contributed by atoms with van der Waals surface area (Å²) in [6, 6.07) is 1.10. The van der Waals surface area contributed by atoms with Crippen LogP contribution in [0.2, 0.25) is 12.6 Å². The van der Waals surface area contributed by atoms with Crippen LogP contribution in [-0.4, -0.2) is 28.3 Å². The van der Waals surface area contributed by atoms with Crippen LogP contribution in [0.15, 0.2) is 4.99 Å². The summed E-state index contributed by atoms with van der Waals surface area (Å²) in [5.41, 5.74) is 0. The third kappa shape index (κ3) is 7.45.